The molecule has 0 atom stereocenters. The zero-order chi connectivity index (χ0) is 15.4. The van der Waals surface area contributed by atoms with E-state index in [0.29, 0.717) is 6.04 Å². The Bertz CT molecular complexity index is 598. The molecule has 1 aromatic heterocycles. The average molecular weight is 388 g/mol. The molecule has 0 spiro atoms. The standard InChI is InChI=1S/C16H20BrClN2S/c1-11(2)19-9-12-8-13(17)4-6-15(12)20(3)10-14-5-7-16(18)21-14/h4-8,11,19H,9-10H2,1-3H3. The minimum atomic E-state index is 0.471. The molecule has 2 nitrogen and oxygen atoms in total. The van der Waals surface area contributed by atoms with Gasteiger partial charge in [-0.3, -0.25) is 0 Å². The monoisotopic (exact) mass is 386 g/mol. The summed E-state index contributed by atoms with van der Waals surface area (Å²) in [5, 5.41) is 3.49. The molecule has 0 bridgehead atoms. The van der Waals surface area contributed by atoms with Crippen LogP contribution < -0.4 is 10.2 Å². The summed E-state index contributed by atoms with van der Waals surface area (Å²) >= 11 is 11.2. The number of nitrogens with zero attached hydrogens (tertiary/aromatic N) is 1. The molecule has 21 heavy (non-hydrogen) atoms. The maximum Gasteiger partial charge on any atom is 0.0931 e. The first-order valence-corrected chi connectivity index (χ1v) is 8.91. The van der Waals surface area contributed by atoms with E-state index in [2.05, 4.69) is 71.3 Å². The van der Waals surface area contributed by atoms with E-state index in [-0.39, 0.29) is 0 Å². The van der Waals surface area contributed by atoms with Gasteiger partial charge < -0.3 is 10.2 Å². The lowest BCUT2D eigenvalue weighted by Gasteiger charge is -2.23. The molecule has 2 aromatic rings. The van der Waals surface area contributed by atoms with Gasteiger partial charge in [-0.15, -0.1) is 11.3 Å². The lowest BCUT2D eigenvalue weighted by Crippen LogP contribution is -2.24. The zero-order valence-corrected chi connectivity index (χ0v) is 15.6. The highest BCUT2D eigenvalue weighted by Crippen LogP contribution is 2.28. The van der Waals surface area contributed by atoms with E-state index in [1.54, 1.807) is 11.3 Å². The predicted octanol–water partition coefficient (Wildman–Crippen LogP) is 5.30. The molecule has 1 aromatic carbocycles. The number of halogens is 2. The van der Waals surface area contributed by atoms with Crippen LogP contribution in [-0.4, -0.2) is 13.1 Å². The number of hydrogen-bond donors (Lipinski definition) is 1. The van der Waals surface area contributed by atoms with E-state index in [0.717, 1.165) is 21.9 Å². The van der Waals surface area contributed by atoms with Crippen molar-refractivity contribution in [2.45, 2.75) is 33.0 Å². The summed E-state index contributed by atoms with van der Waals surface area (Å²) in [5.41, 5.74) is 2.54. The number of rotatable bonds is 6. The molecule has 0 aliphatic heterocycles. The SMILES string of the molecule is CC(C)NCc1cc(Br)ccc1N(C)Cc1ccc(Cl)s1. The smallest absolute Gasteiger partial charge is 0.0931 e. The Hall–Kier alpha value is -0.550. The molecule has 0 radical (unpaired) electrons. The number of nitrogens with one attached hydrogen (secondary N) is 1. The van der Waals surface area contributed by atoms with Crippen LogP contribution in [0.1, 0.15) is 24.3 Å². The summed E-state index contributed by atoms with van der Waals surface area (Å²) in [6, 6.07) is 11.0. The van der Waals surface area contributed by atoms with Crippen molar-refractivity contribution in [3.05, 3.63) is 49.6 Å². The van der Waals surface area contributed by atoms with Gasteiger partial charge in [0.1, 0.15) is 0 Å². The first-order chi connectivity index (χ1) is 9.95. The predicted molar refractivity (Wildman–Crippen MR) is 97.6 cm³/mol. The van der Waals surface area contributed by atoms with Crippen molar-refractivity contribution < 1.29 is 0 Å². The highest BCUT2D eigenvalue weighted by Gasteiger charge is 2.10. The minimum Gasteiger partial charge on any atom is -0.369 e. The Morgan fingerprint density at radius 1 is 1.29 bits per heavy atom. The molecule has 0 fully saturated rings. The third kappa shape index (κ3) is 4.99. The summed E-state index contributed by atoms with van der Waals surface area (Å²) in [6.45, 7) is 6.06. The van der Waals surface area contributed by atoms with Crippen LogP contribution in [0.4, 0.5) is 5.69 Å². The van der Waals surface area contributed by atoms with Crippen LogP contribution in [0.3, 0.4) is 0 Å². The van der Waals surface area contributed by atoms with Crippen LogP contribution in [0.5, 0.6) is 0 Å². The van der Waals surface area contributed by atoms with E-state index in [9.17, 15) is 0 Å². The lowest BCUT2D eigenvalue weighted by molar-refractivity contribution is 0.588. The summed E-state index contributed by atoms with van der Waals surface area (Å²) in [6.07, 6.45) is 0. The molecule has 0 saturated heterocycles. The Balaban J connectivity index is 2.16. The molecule has 1 N–H and O–H groups in total. The number of thiophene rings is 1. The van der Waals surface area contributed by atoms with Crippen molar-refractivity contribution in [1.82, 2.24) is 5.32 Å². The molecule has 0 unspecified atom stereocenters. The second kappa shape index (κ2) is 7.63. The third-order valence-corrected chi connectivity index (χ3v) is 4.88. The molecule has 0 amide bonds. The third-order valence-electron chi connectivity index (χ3n) is 3.18. The molecule has 5 heteroatoms. The molecule has 0 aliphatic rings. The second-order valence-corrected chi connectivity index (χ2v) is 8.09. The van der Waals surface area contributed by atoms with E-state index in [1.165, 1.54) is 16.1 Å². The van der Waals surface area contributed by atoms with Crippen LogP contribution in [0.15, 0.2) is 34.8 Å². The van der Waals surface area contributed by atoms with Gasteiger partial charge in [0.15, 0.2) is 0 Å². The molecule has 2 rings (SSSR count). The Labute approximate surface area is 144 Å². The fraction of sp³-hybridized carbons (Fsp3) is 0.375. The number of hydrogen-bond acceptors (Lipinski definition) is 3. The normalized spacial score (nSPS) is 11.1. The van der Waals surface area contributed by atoms with Gasteiger partial charge in [-0.25, -0.2) is 0 Å². The topological polar surface area (TPSA) is 15.3 Å². The summed E-state index contributed by atoms with van der Waals surface area (Å²) in [4.78, 5) is 3.54. The Morgan fingerprint density at radius 3 is 2.67 bits per heavy atom. The molecular weight excluding hydrogens is 368 g/mol. The summed E-state index contributed by atoms with van der Waals surface area (Å²) in [7, 11) is 2.12. The van der Waals surface area contributed by atoms with Crippen molar-refractivity contribution in [3.8, 4) is 0 Å². The van der Waals surface area contributed by atoms with E-state index in [4.69, 9.17) is 11.6 Å². The fourth-order valence-corrected chi connectivity index (χ4v) is 3.69. The van der Waals surface area contributed by atoms with Gasteiger partial charge in [0.05, 0.1) is 10.9 Å². The molecule has 114 valence electrons. The fourth-order valence-electron chi connectivity index (χ4n) is 2.14. The van der Waals surface area contributed by atoms with Crippen molar-refractivity contribution in [1.29, 1.82) is 0 Å². The maximum atomic E-state index is 6.01. The van der Waals surface area contributed by atoms with Gasteiger partial charge in [-0.05, 0) is 35.9 Å². The van der Waals surface area contributed by atoms with Gasteiger partial charge >= 0.3 is 0 Å². The van der Waals surface area contributed by atoms with Gasteiger partial charge in [-0.1, -0.05) is 41.4 Å². The van der Waals surface area contributed by atoms with Crippen LogP contribution >= 0.6 is 38.9 Å². The number of benzene rings is 1. The van der Waals surface area contributed by atoms with E-state index >= 15 is 0 Å². The second-order valence-electron chi connectivity index (χ2n) is 5.37. The summed E-state index contributed by atoms with van der Waals surface area (Å²) < 4.78 is 1.95. The van der Waals surface area contributed by atoms with Crippen molar-refractivity contribution in [2.75, 3.05) is 11.9 Å². The summed E-state index contributed by atoms with van der Waals surface area (Å²) in [5.74, 6) is 0. The lowest BCUT2D eigenvalue weighted by atomic mass is 10.1. The molecule has 0 saturated carbocycles. The molecule has 1 heterocycles. The van der Waals surface area contributed by atoms with Crippen LogP contribution in [-0.2, 0) is 13.1 Å². The quantitative estimate of drug-likeness (QED) is 0.723. The number of anilines is 1. The minimum absolute atomic E-state index is 0.471. The largest absolute Gasteiger partial charge is 0.369 e. The van der Waals surface area contributed by atoms with Gasteiger partial charge in [0, 0.05) is 34.7 Å². The average Bonchev–Trinajstić information content (AvgIpc) is 2.81. The van der Waals surface area contributed by atoms with Crippen molar-refractivity contribution in [2.24, 2.45) is 0 Å². The first-order valence-electron chi connectivity index (χ1n) is 6.93. The maximum absolute atomic E-state index is 6.01. The van der Waals surface area contributed by atoms with Crippen molar-refractivity contribution in [3.63, 3.8) is 0 Å². The van der Waals surface area contributed by atoms with Gasteiger partial charge in [0.25, 0.3) is 0 Å². The van der Waals surface area contributed by atoms with Crippen molar-refractivity contribution >= 4 is 44.6 Å². The van der Waals surface area contributed by atoms with Gasteiger partial charge in [0.2, 0.25) is 0 Å². The molecule has 0 aliphatic carbocycles. The first kappa shape index (κ1) is 16.8. The van der Waals surface area contributed by atoms with Crippen LogP contribution in [0.25, 0.3) is 0 Å². The van der Waals surface area contributed by atoms with Gasteiger partial charge in [-0.2, -0.15) is 0 Å². The van der Waals surface area contributed by atoms with E-state index < -0.39 is 0 Å². The Morgan fingerprint density at radius 2 is 2.05 bits per heavy atom. The Kier molecular flexibility index (Phi) is 6.11. The van der Waals surface area contributed by atoms with Crippen LogP contribution in [0.2, 0.25) is 4.34 Å². The van der Waals surface area contributed by atoms with Crippen LogP contribution in [0, 0.1) is 0 Å². The van der Waals surface area contributed by atoms with E-state index in [1.807, 2.05) is 6.07 Å². The highest BCUT2D eigenvalue weighted by atomic mass is 79.9. The molecular formula is C16H20BrClN2S. The highest BCUT2D eigenvalue weighted by molar-refractivity contribution is 9.10. The zero-order valence-electron chi connectivity index (χ0n) is 12.5.